The minimum absolute atomic E-state index is 0.0862. The summed E-state index contributed by atoms with van der Waals surface area (Å²) in [7, 11) is 3.54. The van der Waals surface area contributed by atoms with E-state index in [-0.39, 0.29) is 5.91 Å². The van der Waals surface area contributed by atoms with Gasteiger partial charge in [0.15, 0.2) is 0 Å². The predicted octanol–water partition coefficient (Wildman–Crippen LogP) is 2.47. The summed E-state index contributed by atoms with van der Waals surface area (Å²) >= 11 is 5.09. The van der Waals surface area contributed by atoms with Crippen molar-refractivity contribution in [3.63, 3.8) is 0 Å². The fraction of sp³-hybridized carbons (Fsp3) is 0.545. The molecule has 5 heteroatoms. The topological polar surface area (TPSA) is 32.3 Å². The Kier molecular flexibility index (Phi) is 4.52. The third kappa shape index (κ3) is 3.57. The highest BCUT2D eigenvalue weighted by Crippen LogP contribution is 2.20. The van der Waals surface area contributed by atoms with E-state index < -0.39 is 5.54 Å². The van der Waals surface area contributed by atoms with Crippen molar-refractivity contribution in [2.45, 2.75) is 25.9 Å². The third-order valence-electron chi connectivity index (χ3n) is 2.27. The van der Waals surface area contributed by atoms with Crippen LogP contribution < -0.4 is 5.32 Å². The molecule has 1 heterocycles. The number of hydrogen-bond acceptors (Lipinski definition) is 3. The van der Waals surface area contributed by atoms with Crippen molar-refractivity contribution in [3.05, 3.63) is 20.8 Å². The smallest absolute Gasteiger partial charge is 0.241 e. The molecule has 0 unspecified atom stereocenters. The van der Waals surface area contributed by atoms with Crippen molar-refractivity contribution in [3.8, 4) is 0 Å². The van der Waals surface area contributed by atoms with Gasteiger partial charge in [0.1, 0.15) is 0 Å². The van der Waals surface area contributed by atoms with E-state index in [1.807, 2.05) is 19.2 Å². The first kappa shape index (κ1) is 13.7. The lowest BCUT2D eigenvalue weighted by Gasteiger charge is -2.28. The summed E-state index contributed by atoms with van der Waals surface area (Å²) in [5, 5.41) is 5.31. The summed E-state index contributed by atoms with van der Waals surface area (Å²) in [4.78, 5) is 14.7. The number of halogens is 1. The van der Waals surface area contributed by atoms with E-state index in [2.05, 4.69) is 27.3 Å². The van der Waals surface area contributed by atoms with Crippen LogP contribution in [0.25, 0.3) is 0 Å². The molecule has 1 aromatic rings. The minimum Gasteiger partial charge on any atom is -0.347 e. The van der Waals surface area contributed by atoms with Crippen LogP contribution in [-0.4, -0.2) is 30.4 Å². The molecule has 16 heavy (non-hydrogen) atoms. The number of nitrogens with zero attached hydrogens (tertiary/aromatic N) is 1. The van der Waals surface area contributed by atoms with Gasteiger partial charge in [-0.3, -0.25) is 10.1 Å². The monoisotopic (exact) mass is 304 g/mol. The second-order valence-corrected chi connectivity index (χ2v) is 6.32. The number of nitrogens with one attached hydrogen (secondary N) is 1. The average molecular weight is 305 g/mol. The van der Waals surface area contributed by atoms with Crippen molar-refractivity contribution in [1.29, 1.82) is 0 Å². The van der Waals surface area contributed by atoms with E-state index in [9.17, 15) is 4.79 Å². The number of carbonyl (C=O) groups excluding carboxylic acids is 1. The molecule has 0 radical (unpaired) electrons. The maximum absolute atomic E-state index is 11.8. The van der Waals surface area contributed by atoms with E-state index in [1.54, 1.807) is 30.3 Å². The van der Waals surface area contributed by atoms with Crippen molar-refractivity contribution in [2.75, 3.05) is 14.1 Å². The van der Waals surface area contributed by atoms with E-state index in [0.717, 1.165) is 4.47 Å². The van der Waals surface area contributed by atoms with Gasteiger partial charge in [-0.25, -0.2) is 0 Å². The van der Waals surface area contributed by atoms with Gasteiger partial charge in [0, 0.05) is 35.4 Å². The largest absolute Gasteiger partial charge is 0.347 e. The molecule has 0 aliphatic carbocycles. The Morgan fingerprint density at radius 2 is 2.19 bits per heavy atom. The van der Waals surface area contributed by atoms with Gasteiger partial charge in [-0.1, -0.05) is 0 Å². The van der Waals surface area contributed by atoms with Crippen LogP contribution in [0.2, 0.25) is 0 Å². The van der Waals surface area contributed by atoms with E-state index in [0.29, 0.717) is 6.54 Å². The van der Waals surface area contributed by atoms with Gasteiger partial charge in [-0.2, -0.15) is 0 Å². The zero-order valence-electron chi connectivity index (χ0n) is 10.0. The molecule has 1 N–H and O–H groups in total. The Labute approximate surface area is 109 Å². The summed E-state index contributed by atoms with van der Waals surface area (Å²) in [5.74, 6) is 0.0862. The van der Waals surface area contributed by atoms with Gasteiger partial charge < -0.3 is 4.90 Å². The zero-order chi connectivity index (χ0) is 12.3. The molecule has 0 spiro atoms. The molecule has 0 fully saturated rings. The number of amides is 1. The molecular weight excluding hydrogens is 288 g/mol. The van der Waals surface area contributed by atoms with E-state index in [4.69, 9.17) is 0 Å². The van der Waals surface area contributed by atoms with E-state index >= 15 is 0 Å². The molecule has 0 atom stereocenters. The summed E-state index contributed by atoms with van der Waals surface area (Å²) in [6.45, 7) is 4.51. The van der Waals surface area contributed by atoms with Crippen LogP contribution in [0.5, 0.6) is 0 Å². The van der Waals surface area contributed by atoms with Crippen LogP contribution in [0.15, 0.2) is 15.9 Å². The standard InChI is InChI=1S/C11H17BrN2OS/c1-11(2,10(15)14(3)4)13-6-9-5-8(12)7-16-9/h5,7,13H,6H2,1-4H3. The van der Waals surface area contributed by atoms with Gasteiger partial charge >= 0.3 is 0 Å². The lowest BCUT2D eigenvalue weighted by molar-refractivity contribution is -0.134. The lowest BCUT2D eigenvalue weighted by Crippen LogP contribution is -2.51. The fourth-order valence-corrected chi connectivity index (χ4v) is 2.78. The van der Waals surface area contributed by atoms with Gasteiger partial charge in [-0.15, -0.1) is 11.3 Å². The van der Waals surface area contributed by atoms with Gasteiger partial charge in [0.05, 0.1) is 5.54 Å². The van der Waals surface area contributed by atoms with Crippen molar-refractivity contribution in [1.82, 2.24) is 10.2 Å². The minimum atomic E-state index is -0.528. The first-order chi connectivity index (χ1) is 7.33. The molecular formula is C11H17BrN2OS. The quantitative estimate of drug-likeness (QED) is 0.927. The van der Waals surface area contributed by atoms with Crippen molar-refractivity contribution >= 4 is 33.2 Å². The van der Waals surface area contributed by atoms with Crippen LogP contribution in [-0.2, 0) is 11.3 Å². The van der Waals surface area contributed by atoms with Crippen LogP contribution in [0, 0.1) is 0 Å². The Hall–Kier alpha value is -0.390. The first-order valence-corrected chi connectivity index (χ1v) is 6.70. The maximum Gasteiger partial charge on any atom is 0.241 e. The number of likely N-dealkylation sites (N-methyl/N-ethyl adjacent to an activating group) is 1. The second-order valence-electron chi connectivity index (χ2n) is 4.41. The first-order valence-electron chi connectivity index (χ1n) is 5.02. The maximum atomic E-state index is 11.8. The SMILES string of the molecule is CN(C)C(=O)C(C)(C)NCc1cc(Br)cs1. The third-order valence-corrected chi connectivity index (χ3v) is 3.96. The normalized spacial score (nSPS) is 11.6. The zero-order valence-corrected chi connectivity index (χ0v) is 12.4. The molecule has 1 aromatic heterocycles. The highest BCUT2D eigenvalue weighted by Gasteiger charge is 2.28. The second kappa shape index (κ2) is 5.29. The number of thiophene rings is 1. The number of hydrogen-bond donors (Lipinski definition) is 1. The van der Waals surface area contributed by atoms with Crippen LogP contribution >= 0.6 is 27.3 Å². The van der Waals surface area contributed by atoms with Crippen LogP contribution in [0.1, 0.15) is 18.7 Å². The summed E-state index contributed by atoms with van der Waals surface area (Å²) in [6.07, 6.45) is 0. The Morgan fingerprint density at radius 3 is 2.62 bits per heavy atom. The molecule has 3 nitrogen and oxygen atoms in total. The van der Waals surface area contributed by atoms with Crippen molar-refractivity contribution < 1.29 is 4.79 Å². The summed E-state index contributed by atoms with van der Waals surface area (Å²) in [5.41, 5.74) is -0.528. The fourth-order valence-electron chi connectivity index (χ4n) is 1.39. The molecule has 1 amide bonds. The molecule has 90 valence electrons. The summed E-state index contributed by atoms with van der Waals surface area (Å²) in [6, 6.07) is 2.06. The lowest BCUT2D eigenvalue weighted by atomic mass is 10.0. The Morgan fingerprint density at radius 1 is 1.56 bits per heavy atom. The molecule has 1 rings (SSSR count). The van der Waals surface area contributed by atoms with E-state index in [1.165, 1.54) is 4.88 Å². The van der Waals surface area contributed by atoms with Crippen molar-refractivity contribution in [2.24, 2.45) is 0 Å². The van der Waals surface area contributed by atoms with Gasteiger partial charge in [0.2, 0.25) is 5.91 Å². The molecule has 0 aromatic carbocycles. The number of rotatable bonds is 4. The molecule has 0 saturated heterocycles. The molecule has 0 saturated carbocycles. The Balaban J connectivity index is 2.57. The van der Waals surface area contributed by atoms with Gasteiger partial charge in [0.25, 0.3) is 0 Å². The van der Waals surface area contributed by atoms with Crippen LogP contribution in [0.4, 0.5) is 0 Å². The van der Waals surface area contributed by atoms with Crippen LogP contribution in [0.3, 0.4) is 0 Å². The number of carbonyl (C=O) groups is 1. The molecule has 0 aliphatic rings. The highest BCUT2D eigenvalue weighted by atomic mass is 79.9. The predicted molar refractivity (Wildman–Crippen MR) is 71.6 cm³/mol. The van der Waals surface area contributed by atoms with Gasteiger partial charge in [-0.05, 0) is 35.8 Å². The summed E-state index contributed by atoms with van der Waals surface area (Å²) < 4.78 is 1.09. The Bertz CT molecular complexity index is 374. The highest BCUT2D eigenvalue weighted by molar-refractivity contribution is 9.10. The molecule has 0 bridgehead atoms. The average Bonchev–Trinajstić information content (AvgIpc) is 2.60. The molecule has 0 aliphatic heterocycles.